The standard InChI is InChI=1S/C22H22N2O3S/c1-16-14-24(15-23-16)21-8-7-17(11-22(21)27-2)9-10-28(25,26)20-12-18-5-3-4-6-19(18)13-20/h3-11,14-15,20H,12-13H2,1-2H3/b10-9+. The molecule has 0 N–H and O–H groups in total. The zero-order chi connectivity index (χ0) is 19.7. The highest BCUT2D eigenvalue weighted by atomic mass is 32.2. The van der Waals surface area contributed by atoms with Crippen molar-refractivity contribution in [3.8, 4) is 11.4 Å². The van der Waals surface area contributed by atoms with Crippen molar-refractivity contribution in [2.45, 2.75) is 25.0 Å². The zero-order valence-corrected chi connectivity index (χ0v) is 16.7. The molecule has 3 aromatic rings. The van der Waals surface area contributed by atoms with E-state index in [2.05, 4.69) is 4.98 Å². The molecule has 0 saturated carbocycles. The van der Waals surface area contributed by atoms with E-state index in [0.717, 1.165) is 28.1 Å². The predicted octanol–water partition coefficient (Wildman–Crippen LogP) is 3.74. The third-order valence-electron chi connectivity index (χ3n) is 5.12. The molecule has 0 bridgehead atoms. The predicted molar refractivity (Wildman–Crippen MR) is 110 cm³/mol. The largest absolute Gasteiger partial charge is 0.495 e. The first-order valence-electron chi connectivity index (χ1n) is 9.14. The highest BCUT2D eigenvalue weighted by molar-refractivity contribution is 7.95. The monoisotopic (exact) mass is 394 g/mol. The maximum absolute atomic E-state index is 12.8. The lowest BCUT2D eigenvalue weighted by atomic mass is 10.1. The van der Waals surface area contributed by atoms with Gasteiger partial charge in [-0.1, -0.05) is 30.3 Å². The van der Waals surface area contributed by atoms with Crippen LogP contribution in [-0.2, 0) is 22.7 Å². The van der Waals surface area contributed by atoms with Crippen molar-refractivity contribution < 1.29 is 13.2 Å². The Morgan fingerprint density at radius 1 is 1.14 bits per heavy atom. The zero-order valence-electron chi connectivity index (χ0n) is 15.9. The molecule has 0 unspecified atom stereocenters. The van der Waals surface area contributed by atoms with Gasteiger partial charge in [-0.05, 0) is 54.7 Å². The molecule has 0 aliphatic heterocycles. The van der Waals surface area contributed by atoms with Crippen molar-refractivity contribution in [1.82, 2.24) is 9.55 Å². The number of methoxy groups -OCH3 is 1. The van der Waals surface area contributed by atoms with Crippen molar-refractivity contribution in [3.05, 3.63) is 82.8 Å². The van der Waals surface area contributed by atoms with Gasteiger partial charge in [-0.2, -0.15) is 0 Å². The molecule has 0 saturated heterocycles. The number of ether oxygens (including phenoxy) is 1. The molecule has 5 nitrogen and oxygen atoms in total. The van der Waals surface area contributed by atoms with Crippen molar-refractivity contribution >= 4 is 15.9 Å². The SMILES string of the molecule is COc1cc(/C=C/S(=O)(=O)C2Cc3ccccc3C2)ccc1-n1cnc(C)c1. The number of sulfone groups is 1. The van der Waals surface area contributed by atoms with Gasteiger partial charge in [0.2, 0.25) is 0 Å². The van der Waals surface area contributed by atoms with Gasteiger partial charge in [0.1, 0.15) is 5.75 Å². The van der Waals surface area contributed by atoms with Crippen molar-refractivity contribution in [3.63, 3.8) is 0 Å². The third kappa shape index (κ3) is 3.60. The number of hydrogen-bond acceptors (Lipinski definition) is 4. The van der Waals surface area contributed by atoms with Gasteiger partial charge >= 0.3 is 0 Å². The van der Waals surface area contributed by atoms with Crippen LogP contribution in [0.5, 0.6) is 5.75 Å². The Morgan fingerprint density at radius 3 is 2.46 bits per heavy atom. The van der Waals surface area contributed by atoms with Crippen molar-refractivity contribution in [2.75, 3.05) is 7.11 Å². The van der Waals surface area contributed by atoms with Gasteiger partial charge in [-0.15, -0.1) is 0 Å². The molecule has 1 aliphatic carbocycles. The molecule has 0 spiro atoms. The number of rotatable bonds is 5. The van der Waals surface area contributed by atoms with Crippen LogP contribution in [0.25, 0.3) is 11.8 Å². The molecular weight excluding hydrogens is 372 g/mol. The van der Waals surface area contributed by atoms with Crippen LogP contribution in [0.2, 0.25) is 0 Å². The fraction of sp³-hybridized carbons (Fsp3) is 0.227. The molecule has 0 fully saturated rings. The normalized spacial score (nSPS) is 14.5. The van der Waals surface area contributed by atoms with Gasteiger partial charge in [-0.3, -0.25) is 0 Å². The van der Waals surface area contributed by atoms with Crippen LogP contribution in [-0.4, -0.2) is 30.3 Å². The molecule has 28 heavy (non-hydrogen) atoms. The Labute approximate surface area is 165 Å². The summed E-state index contributed by atoms with van der Waals surface area (Å²) in [6, 6.07) is 13.5. The maximum atomic E-state index is 12.8. The van der Waals surface area contributed by atoms with Gasteiger partial charge in [0.05, 0.1) is 30.1 Å². The summed E-state index contributed by atoms with van der Waals surface area (Å²) in [6.07, 6.45) is 6.43. The van der Waals surface area contributed by atoms with Crippen molar-refractivity contribution in [2.24, 2.45) is 0 Å². The van der Waals surface area contributed by atoms with Crippen LogP contribution in [0.1, 0.15) is 22.4 Å². The molecule has 0 atom stereocenters. The molecule has 1 aliphatic rings. The van der Waals surface area contributed by atoms with Gasteiger partial charge in [0.15, 0.2) is 9.84 Å². The summed E-state index contributed by atoms with van der Waals surface area (Å²) in [5.41, 5.74) is 4.80. The van der Waals surface area contributed by atoms with E-state index in [9.17, 15) is 8.42 Å². The minimum Gasteiger partial charge on any atom is -0.495 e. The number of aromatic nitrogens is 2. The van der Waals surface area contributed by atoms with E-state index in [4.69, 9.17) is 4.74 Å². The first-order chi connectivity index (χ1) is 13.5. The lowest BCUT2D eigenvalue weighted by Crippen LogP contribution is -2.19. The average molecular weight is 394 g/mol. The molecule has 2 aromatic carbocycles. The molecule has 0 radical (unpaired) electrons. The Bertz CT molecular complexity index is 1120. The topological polar surface area (TPSA) is 61.2 Å². The summed E-state index contributed by atoms with van der Waals surface area (Å²) in [4.78, 5) is 4.23. The number of aryl methyl sites for hydroxylation is 1. The fourth-order valence-corrected chi connectivity index (χ4v) is 4.99. The molecule has 1 aromatic heterocycles. The van der Waals surface area contributed by atoms with Crippen LogP contribution < -0.4 is 4.74 Å². The minimum atomic E-state index is -3.34. The quantitative estimate of drug-likeness (QED) is 0.661. The van der Waals surface area contributed by atoms with Gasteiger partial charge in [0, 0.05) is 11.6 Å². The molecule has 6 heteroatoms. The Hall–Kier alpha value is -2.86. The van der Waals surface area contributed by atoms with Gasteiger partial charge in [-0.25, -0.2) is 13.4 Å². The van der Waals surface area contributed by atoms with E-state index >= 15 is 0 Å². The first kappa shape index (κ1) is 18.5. The average Bonchev–Trinajstić information content (AvgIpc) is 3.33. The molecular formula is C22H22N2O3S. The summed E-state index contributed by atoms with van der Waals surface area (Å²) in [6.45, 7) is 1.92. The number of benzene rings is 2. The summed E-state index contributed by atoms with van der Waals surface area (Å²) >= 11 is 0. The second kappa shape index (κ2) is 7.28. The number of hydrogen-bond donors (Lipinski definition) is 0. The molecule has 144 valence electrons. The van der Waals surface area contributed by atoms with Gasteiger partial charge < -0.3 is 9.30 Å². The summed E-state index contributed by atoms with van der Waals surface area (Å²) in [5.74, 6) is 0.658. The number of imidazole rings is 1. The molecule has 1 heterocycles. The number of nitrogens with zero attached hydrogens (tertiary/aromatic N) is 2. The van der Waals surface area contributed by atoms with E-state index in [1.807, 2.05) is 60.2 Å². The van der Waals surface area contributed by atoms with E-state index in [1.165, 1.54) is 5.41 Å². The van der Waals surface area contributed by atoms with E-state index in [1.54, 1.807) is 19.5 Å². The Balaban J connectivity index is 1.56. The van der Waals surface area contributed by atoms with Crippen LogP contribution in [0, 0.1) is 6.92 Å². The highest BCUT2D eigenvalue weighted by Gasteiger charge is 2.30. The van der Waals surface area contributed by atoms with Crippen LogP contribution in [0.4, 0.5) is 0 Å². The minimum absolute atomic E-state index is 0.392. The highest BCUT2D eigenvalue weighted by Crippen LogP contribution is 2.28. The summed E-state index contributed by atoms with van der Waals surface area (Å²) in [5, 5.41) is 0.940. The first-order valence-corrected chi connectivity index (χ1v) is 10.7. The Morgan fingerprint density at radius 2 is 1.86 bits per heavy atom. The molecule has 0 amide bonds. The summed E-state index contributed by atoms with van der Waals surface area (Å²) in [7, 11) is -1.74. The van der Waals surface area contributed by atoms with Crippen LogP contribution >= 0.6 is 0 Å². The lowest BCUT2D eigenvalue weighted by Gasteiger charge is -2.10. The third-order valence-corrected chi connectivity index (χ3v) is 6.90. The smallest absolute Gasteiger partial charge is 0.175 e. The van der Waals surface area contributed by atoms with Crippen LogP contribution in [0.3, 0.4) is 0 Å². The summed E-state index contributed by atoms with van der Waals surface area (Å²) < 4.78 is 33.0. The Kier molecular flexibility index (Phi) is 4.81. The second-order valence-corrected chi connectivity index (χ2v) is 9.16. The van der Waals surface area contributed by atoms with Crippen LogP contribution in [0.15, 0.2) is 60.4 Å². The maximum Gasteiger partial charge on any atom is 0.175 e. The second-order valence-electron chi connectivity index (χ2n) is 7.04. The number of fused-ring (bicyclic) bond motifs is 1. The van der Waals surface area contributed by atoms with E-state index in [-0.39, 0.29) is 0 Å². The van der Waals surface area contributed by atoms with Gasteiger partial charge in [0.25, 0.3) is 0 Å². The fourth-order valence-electron chi connectivity index (χ4n) is 3.60. The molecule has 4 rings (SSSR count). The van der Waals surface area contributed by atoms with Crippen molar-refractivity contribution in [1.29, 1.82) is 0 Å². The van der Waals surface area contributed by atoms with E-state index < -0.39 is 15.1 Å². The lowest BCUT2D eigenvalue weighted by molar-refractivity contribution is 0.413. The van der Waals surface area contributed by atoms with E-state index in [0.29, 0.717) is 18.6 Å².